The van der Waals surface area contributed by atoms with Gasteiger partial charge in [-0.05, 0) is 25.1 Å². The van der Waals surface area contributed by atoms with E-state index < -0.39 is 5.97 Å². The fraction of sp³-hybridized carbons (Fsp3) is 0.214. The molecule has 0 fully saturated rings. The molecule has 1 aromatic heterocycles. The number of carboxylic acid groups (broad SMARTS) is 1. The van der Waals surface area contributed by atoms with Crippen LogP contribution in [0.15, 0.2) is 35.5 Å². The topological polar surface area (TPSA) is 72.3 Å². The first kappa shape index (κ1) is 14.3. The van der Waals surface area contributed by atoms with Crippen LogP contribution >= 0.6 is 11.8 Å². The SMILES string of the molecule is COc1cccc(-c2cc(C)nc(SCC(=O)O)n2)c1. The van der Waals surface area contributed by atoms with Crippen molar-refractivity contribution < 1.29 is 14.6 Å². The van der Waals surface area contributed by atoms with Crippen LogP contribution in [0.1, 0.15) is 5.69 Å². The molecule has 0 radical (unpaired) electrons. The van der Waals surface area contributed by atoms with E-state index in [1.165, 1.54) is 0 Å². The van der Waals surface area contributed by atoms with Crippen molar-refractivity contribution >= 4 is 17.7 Å². The predicted molar refractivity (Wildman–Crippen MR) is 77.1 cm³/mol. The molecule has 0 atom stereocenters. The van der Waals surface area contributed by atoms with Crippen molar-refractivity contribution in [3.8, 4) is 17.0 Å². The summed E-state index contributed by atoms with van der Waals surface area (Å²) >= 11 is 1.11. The third kappa shape index (κ3) is 3.71. The molecule has 1 N–H and O–H groups in total. The summed E-state index contributed by atoms with van der Waals surface area (Å²) < 4.78 is 5.19. The molecule has 0 aliphatic carbocycles. The molecular formula is C14H14N2O3S. The van der Waals surface area contributed by atoms with Gasteiger partial charge in [0.2, 0.25) is 0 Å². The van der Waals surface area contributed by atoms with Gasteiger partial charge >= 0.3 is 5.97 Å². The molecule has 5 nitrogen and oxygen atoms in total. The lowest BCUT2D eigenvalue weighted by Gasteiger charge is -2.06. The van der Waals surface area contributed by atoms with Crippen LogP contribution in [-0.2, 0) is 4.79 Å². The van der Waals surface area contributed by atoms with E-state index in [-0.39, 0.29) is 5.75 Å². The Kier molecular flexibility index (Phi) is 4.57. The van der Waals surface area contributed by atoms with Gasteiger partial charge < -0.3 is 9.84 Å². The molecule has 1 heterocycles. The number of benzene rings is 1. The number of methoxy groups -OCH3 is 1. The van der Waals surface area contributed by atoms with Crippen molar-refractivity contribution in [3.63, 3.8) is 0 Å². The Morgan fingerprint density at radius 2 is 2.15 bits per heavy atom. The molecule has 104 valence electrons. The van der Waals surface area contributed by atoms with Crippen LogP contribution in [-0.4, -0.2) is 33.9 Å². The predicted octanol–water partition coefficient (Wildman–Crippen LogP) is 2.64. The van der Waals surface area contributed by atoms with Crippen molar-refractivity contribution in [1.29, 1.82) is 0 Å². The fourth-order valence-electron chi connectivity index (χ4n) is 1.66. The zero-order chi connectivity index (χ0) is 14.5. The van der Waals surface area contributed by atoms with Crippen LogP contribution in [0, 0.1) is 6.92 Å². The standard InChI is InChI=1S/C14H14N2O3S/c1-9-6-12(10-4-3-5-11(7-10)19-2)16-14(15-9)20-8-13(17)18/h3-7H,8H2,1-2H3,(H,17,18). The van der Waals surface area contributed by atoms with E-state index in [0.717, 1.165) is 34.5 Å². The number of rotatable bonds is 5. The van der Waals surface area contributed by atoms with Gasteiger partial charge in [0.05, 0.1) is 18.6 Å². The molecule has 0 aliphatic heterocycles. The maximum Gasteiger partial charge on any atom is 0.313 e. The molecule has 2 rings (SSSR count). The lowest BCUT2D eigenvalue weighted by molar-refractivity contribution is -0.133. The summed E-state index contributed by atoms with van der Waals surface area (Å²) in [5.41, 5.74) is 2.46. The number of hydrogen-bond acceptors (Lipinski definition) is 5. The number of aryl methyl sites for hydroxylation is 1. The Morgan fingerprint density at radius 1 is 1.35 bits per heavy atom. The van der Waals surface area contributed by atoms with E-state index in [0.29, 0.717) is 5.16 Å². The Balaban J connectivity index is 2.33. The summed E-state index contributed by atoms with van der Waals surface area (Å²) in [7, 11) is 1.61. The van der Waals surface area contributed by atoms with E-state index in [1.807, 2.05) is 37.3 Å². The molecular weight excluding hydrogens is 276 g/mol. The number of carbonyl (C=O) groups is 1. The second-order valence-electron chi connectivity index (χ2n) is 4.09. The van der Waals surface area contributed by atoms with Crippen LogP contribution in [0.3, 0.4) is 0 Å². The number of ether oxygens (including phenoxy) is 1. The third-order valence-corrected chi connectivity index (χ3v) is 3.36. The molecule has 0 saturated heterocycles. The minimum absolute atomic E-state index is 0.0546. The first-order valence-corrected chi connectivity index (χ1v) is 6.92. The summed E-state index contributed by atoms with van der Waals surface area (Å²) in [6.07, 6.45) is 0. The largest absolute Gasteiger partial charge is 0.497 e. The van der Waals surface area contributed by atoms with Crippen molar-refractivity contribution in [2.75, 3.05) is 12.9 Å². The maximum absolute atomic E-state index is 10.6. The molecule has 0 aliphatic rings. The van der Waals surface area contributed by atoms with Crippen molar-refractivity contribution in [1.82, 2.24) is 9.97 Å². The second kappa shape index (κ2) is 6.38. The van der Waals surface area contributed by atoms with Gasteiger partial charge in [-0.2, -0.15) is 0 Å². The highest BCUT2D eigenvalue weighted by atomic mass is 32.2. The summed E-state index contributed by atoms with van der Waals surface area (Å²) in [6, 6.07) is 9.41. The molecule has 0 bridgehead atoms. The van der Waals surface area contributed by atoms with Crippen molar-refractivity contribution in [2.45, 2.75) is 12.1 Å². The van der Waals surface area contributed by atoms with Crippen molar-refractivity contribution in [2.24, 2.45) is 0 Å². The van der Waals surface area contributed by atoms with E-state index in [1.54, 1.807) is 7.11 Å². The number of aromatic nitrogens is 2. The van der Waals surface area contributed by atoms with Crippen molar-refractivity contribution in [3.05, 3.63) is 36.0 Å². The quantitative estimate of drug-likeness (QED) is 0.674. The zero-order valence-corrected chi connectivity index (χ0v) is 12.0. The van der Waals surface area contributed by atoms with Gasteiger partial charge in [0.1, 0.15) is 5.75 Å². The molecule has 2 aromatic rings. The summed E-state index contributed by atoms with van der Waals surface area (Å²) in [5, 5.41) is 9.17. The van der Waals surface area contributed by atoms with Gasteiger partial charge in [0, 0.05) is 11.3 Å². The van der Waals surface area contributed by atoms with E-state index in [9.17, 15) is 4.79 Å². The number of hydrogen-bond donors (Lipinski definition) is 1. The van der Waals surface area contributed by atoms with Gasteiger partial charge in [-0.1, -0.05) is 23.9 Å². The summed E-state index contributed by atoms with van der Waals surface area (Å²) in [4.78, 5) is 19.2. The van der Waals surface area contributed by atoms with Gasteiger partial charge in [-0.15, -0.1) is 0 Å². The van der Waals surface area contributed by atoms with Crippen LogP contribution in [0.4, 0.5) is 0 Å². The average molecular weight is 290 g/mol. The normalized spacial score (nSPS) is 10.3. The minimum Gasteiger partial charge on any atom is -0.497 e. The molecule has 0 spiro atoms. The van der Waals surface area contributed by atoms with Crippen LogP contribution in [0.2, 0.25) is 0 Å². The van der Waals surface area contributed by atoms with Crippen LogP contribution in [0.5, 0.6) is 5.75 Å². The molecule has 0 saturated carbocycles. The Morgan fingerprint density at radius 3 is 2.85 bits per heavy atom. The highest BCUT2D eigenvalue weighted by Gasteiger charge is 2.08. The maximum atomic E-state index is 10.6. The van der Waals surface area contributed by atoms with Gasteiger partial charge in [-0.3, -0.25) is 4.79 Å². The third-order valence-electron chi connectivity index (χ3n) is 2.52. The van der Waals surface area contributed by atoms with Crippen LogP contribution in [0.25, 0.3) is 11.3 Å². The first-order chi connectivity index (χ1) is 9.58. The fourth-order valence-corrected chi connectivity index (χ4v) is 2.29. The first-order valence-electron chi connectivity index (χ1n) is 5.93. The second-order valence-corrected chi connectivity index (χ2v) is 5.03. The van der Waals surface area contributed by atoms with E-state index >= 15 is 0 Å². The summed E-state index contributed by atoms with van der Waals surface area (Å²) in [5.74, 6) is -0.192. The highest BCUT2D eigenvalue weighted by molar-refractivity contribution is 7.99. The smallest absolute Gasteiger partial charge is 0.313 e. The van der Waals surface area contributed by atoms with Gasteiger partial charge in [0.25, 0.3) is 0 Å². The molecule has 0 amide bonds. The lowest BCUT2D eigenvalue weighted by atomic mass is 10.1. The van der Waals surface area contributed by atoms with E-state index in [4.69, 9.17) is 9.84 Å². The zero-order valence-electron chi connectivity index (χ0n) is 11.2. The van der Waals surface area contributed by atoms with Crippen LogP contribution < -0.4 is 4.74 Å². The van der Waals surface area contributed by atoms with Gasteiger partial charge in [-0.25, -0.2) is 9.97 Å². The average Bonchev–Trinajstić information content (AvgIpc) is 2.44. The number of nitrogens with zero attached hydrogens (tertiary/aromatic N) is 2. The van der Waals surface area contributed by atoms with E-state index in [2.05, 4.69) is 9.97 Å². The summed E-state index contributed by atoms with van der Waals surface area (Å²) in [6.45, 7) is 1.86. The Hall–Kier alpha value is -2.08. The number of aliphatic carboxylic acids is 1. The molecule has 0 unspecified atom stereocenters. The minimum atomic E-state index is -0.886. The Bertz CT molecular complexity index is 632. The Labute approximate surface area is 121 Å². The molecule has 20 heavy (non-hydrogen) atoms. The molecule has 1 aromatic carbocycles. The number of thioether (sulfide) groups is 1. The van der Waals surface area contributed by atoms with Gasteiger partial charge in [0.15, 0.2) is 5.16 Å². The monoisotopic (exact) mass is 290 g/mol. The number of carboxylic acids is 1. The lowest BCUT2D eigenvalue weighted by Crippen LogP contribution is -2.00. The molecule has 6 heteroatoms. The highest BCUT2D eigenvalue weighted by Crippen LogP contribution is 2.24.